The average molecular weight is 474 g/mol. The zero-order chi connectivity index (χ0) is 23.8. The molecule has 0 atom stereocenters. The summed E-state index contributed by atoms with van der Waals surface area (Å²) >= 11 is 6.23. The van der Waals surface area contributed by atoms with Crippen molar-refractivity contribution in [2.45, 2.75) is 0 Å². The van der Waals surface area contributed by atoms with Crippen LogP contribution in [0.2, 0.25) is 5.02 Å². The summed E-state index contributed by atoms with van der Waals surface area (Å²) in [6.45, 7) is 0. The second kappa shape index (κ2) is 8.57. The first kappa shape index (κ1) is 21.5. The van der Waals surface area contributed by atoms with Crippen LogP contribution in [0.3, 0.4) is 0 Å². The van der Waals surface area contributed by atoms with Crippen molar-refractivity contribution in [2.75, 3.05) is 25.3 Å². The molecule has 3 N–H and O–H groups in total. The smallest absolute Gasteiger partial charge is 0.261 e. The van der Waals surface area contributed by atoms with Crippen LogP contribution in [0.4, 0.5) is 11.5 Å². The fourth-order valence-corrected chi connectivity index (χ4v) is 4.05. The van der Waals surface area contributed by atoms with E-state index in [0.717, 1.165) is 0 Å². The van der Waals surface area contributed by atoms with E-state index in [1.165, 1.54) is 7.11 Å². The quantitative estimate of drug-likeness (QED) is 0.369. The highest BCUT2D eigenvalue weighted by Gasteiger charge is 2.25. The van der Waals surface area contributed by atoms with Crippen LogP contribution >= 0.6 is 11.6 Å². The van der Waals surface area contributed by atoms with E-state index in [1.807, 2.05) is 30.3 Å². The molecule has 8 nitrogen and oxygen atoms in total. The van der Waals surface area contributed by atoms with E-state index in [4.69, 9.17) is 36.8 Å². The molecule has 0 aliphatic carbocycles. The molecule has 0 radical (unpaired) electrons. The summed E-state index contributed by atoms with van der Waals surface area (Å²) in [6.07, 6.45) is 0. The minimum atomic E-state index is -0.430. The molecule has 5 aromatic rings. The second-order valence-corrected chi connectivity index (χ2v) is 7.92. The fraction of sp³-hybridized carbons (Fsp3) is 0.0800. The van der Waals surface area contributed by atoms with Gasteiger partial charge in [-0.1, -0.05) is 29.8 Å². The largest absolute Gasteiger partial charge is 0.493 e. The van der Waals surface area contributed by atoms with Crippen molar-refractivity contribution in [2.24, 2.45) is 0 Å². The van der Waals surface area contributed by atoms with Crippen molar-refractivity contribution in [3.8, 4) is 17.2 Å². The highest BCUT2D eigenvalue weighted by Crippen LogP contribution is 2.34. The molecule has 0 bridgehead atoms. The fourth-order valence-electron chi connectivity index (χ4n) is 3.87. The number of anilines is 2. The molecule has 5 rings (SSSR count). The van der Waals surface area contributed by atoms with Crippen LogP contribution in [0, 0.1) is 0 Å². The Morgan fingerprint density at radius 3 is 2.38 bits per heavy atom. The van der Waals surface area contributed by atoms with Crippen LogP contribution in [0.25, 0.3) is 27.9 Å². The van der Waals surface area contributed by atoms with Crippen LogP contribution < -0.4 is 20.5 Å². The van der Waals surface area contributed by atoms with E-state index in [-0.39, 0.29) is 11.4 Å². The molecule has 0 saturated heterocycles. The molecule has 9 heteroatoms. The molecule has 3 aromatic carbocycles. The summed E-state index contributed by atoms with van der Waals surface area (Å²) in [5.41, 5.74) is 10.1. The Hall–Kier alpha value is -4.30. The van der Waals surface area contributed by atoms with E-state index in [9.17, 15) is 4.79 Å². The number of fused-ring (bicyclic) bond motifs is 2. The lowest BCUT2D eigenvalue weighted by molar-refractivity contribution is 0.102. The van der Waals surface area contributed by atoms with Gasteiger partial charge in [0, 0.05) is 16.8 Å². The van der Waals surface area contributed by atoms with Gasteiger partial charge in [-0.2, -0.15) is 0 Å². The number of nitrogens with zero attached hydrogens (tertiary/aromatic N) is 3. The zero-order valence-electron chi connectivity index (χ0n) is 18.4. The number of amides is 1. The Morgan fingerprint density at radius 2 is 1.68 bits per heavy atom. The number of carbonyl (C=O) groups excluding carboxylic acids is 1. The van der Waals surface area contributed by atoms with Gasteiger partial charge in [0.2, 0.25) is 0 Å². The lowest BCUT2D eigenvalue weighted by Crippen LogP contribution is -2.14. The molecule has 170 valence electrons. The maximum atomic E-state index is 13.5. The second-order valence-electron chi connectivity index (χ2n) is 7.48. The van der Waals surface area contributed by atoms with E-state index < -0.39 is 5.91 Å². The van der Waals surface area contributed by atoms with Crippen LogP contribution in [0.15, 0.2) is 66.7 Å². The van der Waals surface area contributed by atoms with Gasteiger partial charge in [0.05, 0.1) is 30.9 Å². The number of nitrogens with one attached hydrogen (secondary N) is 1. The first-order valence-electron chi connectivity index (χ1n) is 10.4. The molecule has 0 saturated carbocycles. The Kier molecular flexibility index (Phi) is 5.43. The van der Waals surface area contributed by atoms with Crippen molar-refractivity contribution in [1.29, 1.82) is 0 Å². The van der Waals surface area contributed by atoms with E-state index in [0.29, 0.717) is 50.1 Å². The number of carbonyl (C=O) groups is 1. The standard InChI is InChI=1S/C25H20ClN5O3/c1-33-19-11-10-15(13-20(19)34-2)28-25(32)21-22-24(30-18-9-4-3-8-17(18)29-22)31(23(21)27)16-7-5-6-14(26)12-16/h3-13H,27H2,1-2H3,(H,28,32). The highest BCUT2D eigenvalue weighted by atomic mass is 35.5. The molecule has 2 aromatic heterocycles. The number of benzene rings is 3. The number of rotatable bonds is 5. The molecule has 0 spiro atoms. The molecule has 0 aliphatic rings. The predicted octanol–water partition coefficient (Wildman–Crippen LogP) is 5.08. The van der Waals surface area contributed by atoms with Crippen molar-refractivity contribution >= 4 is 51.2 Å². The number of nitrogens with two attached hydrogens (primary N) is 1. The number of ether oxygens (including phenoxy) is 2. The van der Waals surface area contributed by atoms with Gasteiger partial charge in [-0.15, -0.1) is 0 Å². The average Bonchev–Trinajstić information content (AvgIpc) is 3.13. The van der Waals surface area contributed by atoms with Gasteiger partial charge >= 0.3 is 0 Å². The van der Waals surface area contributed by atoms with Crippen molar-refractivity contribution in [3.63, 3.8) is 0 Å². The third-order valence-electron chi connectivity index (χ3n) is 5.43. The molecular formula is C25H20ClN5O3. The Balaban J connectivity index is 1.69. The number of aromatic nitrogens is 3. The molecule has 34 heavy (non-hydrogen) atoms. The van der Waals surface area contributed by atoms with Gasteiger partial charge < -0.3 is 20.5 Å². The molecule has 1 amide bonds. The van der Waals surface area contributed by atoms with Crippen LogP contribution in [0.1, 0.15) is 10.4 Å². The maximum absolute atomic E-state index is 13.5. The minimum absolute atomic E-state index is 0.200. The first-order valence-corrected chi connectivity index (χ1v) is 10.7. The summed E-state index contributed by atoms with van der Waals surface area (Å²) < 4.78 is 12.3. The number of hydrogen-bond donors (Lipinski definition) is 2. The molecular weight excluding hydrogens is 454 g/mol. The number of nitrogen functional groups attached to an aromatic ring is 1. The number of halogens is 1. The third kappa shape index (κ3) is 3.64. The van der Waals surface area contributed by atoms with Gasteiger partial charge in [0.25, 0.3) is 5.91 Å². The minimum Gasteiger partial charge on any atom is -0.493 e. The summed E-state index contributed by atoms with van der Waals surface area (Å²) in [5.74, 6) is 0.806. The Morgan fingerprint density at radius 1 is 0.941 bits per heavy atom. The predicted molar refractivity (Wildman–Crippen MR) is 133 cm³/mol. The summed E-state index contributed by atoms with van der Waals surface area (Å²) in [5, 5.41) is 3.41. The van der Waals surface area contributed by atoms with Gasteiger partial charge in [0.15, 0.2) is 17.1 Å². The van der Waals surface area contributed by atoms with Crippen molar-refractivity contribution in [1.82, 2.24) is 14.5 Å². The lowest BCUT2D eigenvalue weighted by Gasteiger charge is -2.11. The topological polar surface area (TPSA) is 104 Å². The van der Waals surface area contributed by atoms with Gasteiger partial charge in [-0.3, -0.25) is 9.36 Å². The van der Waals surface area contributed by atoms with Gasteiger partial charge in [-0.25, -0.2) is 9.97 Å². The monoisotopic (exact) mass is 473 g/mol. The SMILES string of the molecule is COc1ccc(NC(=O)c2c(N)n(-c3cccc(Cl)c3)c3nc4ccccc4nc23)cc1OC. The molecule has 2 heterocycles. The zero-order valence-corrected chi connectivity index (χ0v) is 19.1. The van der Waals surface area contributed by atoms with E-state index >= 15 is 0 Å². The first-order chi connectivity index (χ1) is 16.5. The normalized spacial score (nSPS) is 11.0. The number of hydrogen-bond acceptors (Lipinski definition) is 6. The third-order valence-corrected chi connectivity index (χ3v) is 5.67. The van der Waals surface area contributed by atoms with Crippen molar-refractivity contribution in [3.05, 3.63) is 77.3 Å². The Bertz CT molecular complexity index is 1560. The highest BCUT2D eigenvalue weighted by molar-refractivity contribution is 6.30. The van der Waals surface area contributed by atoms with Crippen LogP contribution in [-0.2, 0) is 0 Å². The van der Waals surface area contributed by atoms with Crippen molar-refractivity contribution < 1.29 is 14.3 Å². The maximum Gasteiger partial charge on any atom is 0.261 e. The summed E-state index contributed by atoms with van der Waals surface area (Å²) in [7, 11) is 3.07. The molecule has 0 unspecified atom stereocenters. The molecule has 0 fully saturated rings. The number of methoxy groups -OCH3 is 2. The molecule has 0 aliphatic heterocycles. The van der Waals surface area contributed by atoms with Crippen LogP contribution in [0.5, 0.6) is 11.5 Å². The summed E-state index contributed by atoms with van der Waals surface area (Å²) in [6, 6.07) is 19.7. The van der Waals surface area contributed by atoms with E-state index in [2.05, 4.69) is 5.32 Å². The van der Waals surface area contributed by atoms with Gasteiger partial charge in [0.1, 0.15) is 16.9 Å². The lowest BCUT2D eigenvalue weighted by atomic mass is 10.2. The number of para-hydroxylation sites is 2. The summed E-state index contributed by atoms with van der Waals surface area (Å²) in [4.78, 5) is 23.0. The van der Waals surface area contributed by atoms with Gasteiger partial charge in [-0.05, 0) is 42.5 Å². The van der Waals surface area contributed by atoms with Crippen LogP contribution in [-0.4, -0.2) is 34.7 Å². The van der Waals surface area contributed by atoms with E-state index in [1.54, 1.807) is 48.1 Å². The Labute approximate surface area is 199 Å².